The highest BCUT2D eigenvalue weighted by atomic mass is 16.7. The lowest BCUT2D eigenvalue weighted by atomic mass is 9.89. The molecule has 2 fully saturated rings. The molecule has 0 spiro atoms. The summed E-state index contributed by atoms with van der Waals surface area (Å²) in [6.07, 6.45) is -15.4. The number of benzene rings is 2. The molecule has 234 valence electrons. The smallest absolute Gasteiger partial charge is 0.197 e. The molecule has 14 heteroatoms. The van der Waals surface area contributed by atoms with E-state index < -0.39 is 79.0 Å². The zero-order valence-electron chi connectivity index (χ0n) is 23.4. The van der Waals surface area contributed by atoms with Gasteiger partial charge in [-0.25, -0.2) is 0 Å². The van der Waals surface area contributed by atoms with Gasteiger partial charge in [-0.3, -0.25) is 4.79 Å². The SMILES string of the molecule is COc1ccc(-c2cc(=O)c3c(O)cc(OC)c([C@H]4O[C@@H](CO)[C@H](O)[C@@H](O)[C@@H]4O[C@@H]4O[C@@H](C)[C@H](O)[C@@H](O)[C@H]4O)c3o2)cc1. The number of phenols is 1. The molecule has 0 amide bonds. The second kappa shape index (κ2) is 12.4. The first-order chi connectivity index (χ1) is 20.5. The van der Waals surface area contributed by atoms with Gasteiger partial charge in [0.1, 0.15) is 77.2 Å². The van der Waals surface area contributed by atoms with Gasteiger partial charge in [-0.1, -0.05) is 0 Å². The molecule has 0 bridgehead atoms. The van der Waals surface area contributed by atoms with Crippen LogP contribution in [-0.4, -0.2) is 112 Å². The summed E-state index contributed by atoms with van der Waals surface area (Å²) in [6.45, 7) is 0.704. The summed E-state index contributed by atoms with van der Waals surface area (Å²) >= 11 is 0. The number of aromatic hydroxyl groups is 1. The van der Waals surface area contributed by atoms with Crippen molar-refractivity contribution in [2.75, 3.05) is 20.8 Å². The summed E-state index contributed by atoms with van der Waals surface area (Å²) in [7, 11) is 2.78. The van der Waals surface area contributed by atoms with Crippen LogP contribution in [0.1, 0.15) is 18.6 Å². The van der Waals surface area contributed by atoms with E-state index in [1.807, 2.05) is 0 Å². The maximum atomic E-state index is 13.3. The van der Waals surface area contributed by atoms with Crippen molar-refractivity contribution in [3.63, 3.8) is 0 Å². The molecule has 7 N–H and O–H groups in total. The summed E-state index contributed by atoms with van der Waals surface area (Å²) in [5.41, 5.74) is -0.383. The lowest BCUT2D eigenvalue weighted by Gasteiger charge is -2.46. The molecular weight excluding hydrogens is 572 g/mol. The maximum Gasteiger partial charge on any atom is 0.197 e. The number of hydrogen-bond acceptors (Lipinski definition) is 14. The quantitative estimate of drug-likeness (QED) is 0.181. The first kappa shape index (κ1) is 31.1. The van der Waals surface area contributed by atoms with Crippen molar-refractivity contribution in [1.29, 1.82) is 0 Å². The van der Waals surface area contributed by atoms with E-state index in [0.29, 0.717) is 11.3 Å². The molecule has 14 nitrogen and oxygen atoms in total. The molecule has 2 aliphatic heterocycles. The van der Waals surface area contributed by atoms with Gasteiger partial charge in [0.25, 0.3) is 0 Å². The van der Waals surface area contributed by atoms with Gasteiger partial charge >= 0.3 is 0 Å². The molecule has 0 aliphatic carbocycles. The Kier molecular flexibility index (Phi) is 8.94. The lowest BCUT2D eigenvalue weighted by molar-refractivity contribution is -0.338. The number of phenolic OH excluding ortho intramolecular Hbond substituents is 1. The first-order valence-corrected chi connectivity index (χ1v) is 13.5. The Morgan fingerprint density at radius 1 is 0.860 bits per heavy atom. The van der Waals surface area contributed by atoms with Crippen LogP contribution in [0, 0.1) is 0 Å². The van der Waals surface area contributed by atoms with E-state index in [0.717, 1.165) is 6.07 Å². The average Bonchev–Trinajstić information content (AvgIpc) is 3.00. The fourth-order valence-electron chi connectivity index (χ4n) is 5.40. The minimum Gasteiger partial charge on any atom is -0.507 e. The molecular formula is C29H34O14. The van der Waals surface area contributed by atoms with Crippen molar-refractivity contribution in [3.8, 4) is 28.6 Å². The van der Waals surface area contributed by atoms with Gasteiger partial charge in [0.15, 0.2) is 17.3 Å². The van der Waals surface area contributed by atoms with Gasteiger partial charge in [-0.2, -0.15) is 0 Å². The van der Waals surface area contributed by atoms with Gasteiger partial charge in [-0.15, -0.1) is 0 Å². The van der Waals surface area contributed by atoms with E-state index in [9.17, 15) is 40.5 Å². The van der Waals surface area contributed by atoms with Crippen molar-refractivity contribution in [3.05, 3.63) is 52.2 Å². The normalized spacial score (nSPS) is 33.0. The number of ether oxygens (including phenoxy) is 5. The topological polar surface area (TPSA) is 218 Å². The minimum absolute atomic E-state index is 0.0314. The third kappa shape index (κ3) is 5.57. The number of aliphatic hydroxyl groups excluding tert-OH is 6. The molecule has 2 aromatic carbocycles. The number of fused-ring (bicyclic) bond motifs is 1. The van der Waals surface area contributed by atoms with Gasteiger partial charge < -0.3 is 63.8 Å². The van der Waals surface area contributed by atoms with Crippen molar-refractivity contribution < 1.29 is 63.8 Å². The fourth-order valence-corrected chi connectivity index (χ4v) is 5.40. The summed E-state index contributed by atoms with van der Waals surface area (Å²) < 4.78 is 34.3. The average molecular weight is 607 g/mol. The Hall–Kier alpha value is -3.31. The molecule has 2 aliphatic rings. The van der Waals surface area contributed by atoms with Crippen LogP contribution in [0.3, 0.4) is 0 Å². The Labute approximate surface area is 244 Å². The Balaban J connectivity index is 1.69. The third-order valence-corrected chi connectivity index (χ3v) is 7.83. The number of rotatable bonds is 7. The highest BCUT2D eigenvalue weighted by Crippen LogP contribution is 2.45. The van der Waals surface area contributed by atoms with E-state index in [1.165, 1.54) is 27.2 Å². The second-order valence-electron chi connectivity index (χ2n) is 10.5. The van der Waals surface area contributed by atoms with Crippen LogP contribution in [-0.2, 0) is 14.2 Å². The number of methoxy groups -OCH3 is 2. The molecule has 0 unspecified atom stereocenters. The van der Waals surface area contributed by atoms with Crippen LogP contribution in [0.4, 0.5) is 0 Å². The molecule has 10 atom stereocenters. The van der Waals surface area contributed by atoms with Gasteiger partial charge in [0, 0.05) is 17.7 Å². The van der Waals surface area contributed by atoms with E-state index >= 15 is 0 Å². The second-order valence-corrected chi connectivity index (χ2v) is 10.5. The van der Waals surface area contributed by atoms with Crippen LogP contribution in [0.5, 0.6) is 17.2 Å². The Bertz CT molecular complexity index is 1490. The molecule has 0 saturated carbocycles. The zero-order valence-corrected chi connectivity index (χ0v) is 23.4. The van der Waals surface area contributed by atoms with E-state index in [1.54, 1.807) is 24.3 Å². The molecule has 3 heterocycles. The van der Waals surface area contributed by atoms with E-state index in [4.69, 9.17) is 28.1 Å². The van der Waals surface area contributed by atoms with Crippen LogP contribution < -0.4 is 14.9 Å². The van der Waals surface area contributed by atoms with Crippen LogP contribution >= 0.6 is 0 Å². The fraction of sp³-hybridized carbons (Fsp3) is 0.483. The highest BCUT2D eigenvalue weighted by molar-refractivity contribution is 5.89. The van der Waals surface area contributed by atoms with E-state index in [-0.39, 0.29) is 28.0 Å². The summed E-state index contributed by atoms with van der Waals surface area (Å²) in [6, 6.07) is 8.94. The summed E-state index contributed by atoms with van der Waals surface area (Å²) in [5, 5.41) is 73.4. The Morgan fingerprint density at radius 3 is 2.19 bits per heavy atom. The molecule has 1 aromatic heterocycles. The molecule has 0 radical (unpaired) electrons. The van der Waals surface area contributed by atoms with Gasteiger partial charge in [0.2, 0.25) is 0 Å². The van der Waals surface area contributed by atoms with Crippen LogP contribution in [0.25, 0.3) is 22.3 Å². The maximum absolute atomic E-state index is 13.3. The zero-order chi connectivity index (χ0) is 31.2. The van der Waals surface area contributed by atoms with Crippen molar-refractivity contribution in [1.82, 2.24) is 0 Å². The van der Waals surface area contributed by atoms with Gasteiger partial charge in [0.05, 0.1) is 32.5 Å². The molecule has 5 rings (SSSR count). The minimum atomic E-state index is -1.78. The van der Waals surface area contributed by atoms with Crippen molar-refractivity contribution in [2.24, 2.45) is 0 Å². The van der Waals surface area contributed by atoms with Crippen LogP contribution in [0.15, 0.2) is 45.6 Å². The first-order valence-electron chi connectivity index (χ1n) is 13.5. The van der Waals surface area contributed by atoms with Gasteiger partial charge in [-0.05, 0) is 31.2 Å². The standard InChI is InChI=1S/C29H34O14/c1-11-21(33)23(35)25(37)29(40-11)43-28-24(36)22(34)18(10-30)42-27(28)20-17(39-3)9-15(32)19-14(31)8-16(41-26(19)20)12-4-6-13(38-2)7-5-12/h4-9,11,18,21-25,27-30,32-37H,10H2,1-3H3/t11-,18-,21-,22-,23+,24+,25+,27+,28-,29-/m0/s1. The monoisotopic (exact) mass is 606 g/mol. The summed E-state index contributed by atoms with van der Waals surface area (Å²) in [4.78, 5) is 13.3. The Morgan fingerprint density at radius 2 is 1.56 bits per heavy atom. The van der Waals surface area contributed by atoms with Crippen molar-refractivity contribution in [2.45, 2.75) is 68.1 Å². The molecule has 43 heavy (non-hydrogen) atoms. The largest absolute Gasteiger partial charge is 0.507 e. The number of hydrogen-bond donors (Lipinski definition) is 7. The predicted octanol–water partition coefficient (Wildman–Crippen LogP) is -0.451. The van der Waals surface area contributed by atoms with Crippen LogP contribution in [0.2, 0.25) is 0 Å². The molecule has 2 saturated heterocycles. The lowest BCUT2D eigenvalue weighted by Crippen LogP contribution is -2.61. The van der Waals surface area contributed by atoms with E-state index in [2.05, 4.69) is 0 Å². The number of aliphatic hydroxyl groups is 6. The summed E-state index contributed by atoms with van der Waals surface area (Å²) in [5.74, 6) is 0.116. The highest BCUT2D eigenvalue weighted by Gasteiger charge is 2.51. The molecule has 3 aromatic rings. The third-order valence-electron chi connectivity index (χ3n) is 7.83. The van der Waals surface area contributed by atoms with Crippen molar-refractivity contribution >= 4 is 11.0 Å². The predicted molar refractivity (Wildman–Crippen MR) is 147 cm³/mol.